The summed E-state index contributed by atoms with van der Waals surface area (Å²) < 4.78 is 0.842. The number of rotatable bonds is 4. The Bertz CT molecular complexity index is 1180. The van der Waals surface area contributed by atoms with Crippen molar-refractivity contribution < 1.29 is 9.90 Å². The van der Waals surface area contributed by atoms with Gasteiger partial charge in [0, 0.05) is 20.9 Å². The van der Waals surface area contributed by atoms with Crippen LogP contribution in [0.3, 0.4) is 0 Å². The highest BCUT2D eigenvalue weighted by Crippen LogP contribution is 2.36. The Labute approximate surface area is 163 Å². The lowest BCUT2D eigenvalue weighted by Gasteiger charge is -2.07. The fraction of sp³-hybridized carbons (Fsp3) is 0.0500. The molecule has 7 heteroatoms. The maximum atomic E-state index is 12.1. The molecule has 4 aromatic rings. The van der Waals surface area contributed by atoms with Crippen molar-refractivity contribution in [2.75, 3.05) is 11.9 Å². The molecular formula is C20H15BrN4O2. The van der Waals surface area contributed by atoms with Crippen molar-refractivity contribution in [1.29, 1.82) is 0 Å². The minimum absolute atomic E-state index is 0.00429. The predicted octanol–water partition coefficient (Wildman–Crippen LogP) is 5.51. The van der Waals surface area contributed by atoms with Gasteiger partial charge in [0.05, 0.1) is 12.1 Å². The van der Waals surface area contributed by atoms with Gasteiger partial charge in [0.15, 0.2) is 5.69 Å². The summed E-state index contributed by atoms with van der Waals surface area (Å²) in [7, 11) is 0. The van der Waals surface area contributed by atoms with E-state index in [1.807, 2.05) is 54.6 Å². The van der Waals surface area contributed by atoms with Crippen molar-refractivity contribution in [3.63, 3.8) is 0 Å². The summed E-state index contributed by atoms with van der Waals surface area (Å²) in [5.41, 5.74) is 1.81. The first-order valence-corrected chi connectivity index (χ1v) is 9.07. The van der Waals surface area contributed by atoms with E-state index in [0.717, 1.165) is 20.9 Å². The van der Waals surface area contributed by atoms with Gasteiger partial charge in [-0.25, -0.2) is 0 Å². The molecule has 1 aromatic heterocycles. The zero-order chi connectivity index (χ0) is 18.8. The third-order valence-corrected chi connectivity index (χ3v) is 4.69. The largest absolute Gasteiger partial charge is 0.493 e. The average molecular weight is 423 g/mol. The zero-order valence-electron chi connectivity index (χ0n) is 14.1. The number of H-pyrrole nitrogens is 1. The van der Waals surface area contributed by atoms with E-state index in [1.165, 1.54) is 0 Å². The van der Waals surface area contributed by atoms with Crippen molar-refractivity contribution in [1.82, 2.24) is 4.98 Å². The average Bonchev–Trinajstić information content (AvgIpc) is 2.99. The Morgan fingerprint density at radius 2 is 1.89 bits per heavy atom. The van der Waals surface area contributed by atoms with E-state index in [1.54, 1.807) is 6.07 Å². The molecule has 0 radical (unpaired) electrons. The van der Waals surface area contributed by atoms with Crippen LogP contribution in [0.4, 0.5) is 11.4 Å². The Kier molecular flexibility index (Phi) is 4.60. The molecule has 0 bridgehead atoms. The minimum Gasteiger partial charge on any atom is -0.493 e. The third-order valence-electron chi connectivity index (χ3n) is 4.20. The van der Waals surface area contributed by atoms with E-state index in [4.69, 9.17) is 0 Å². The summed E-state index contributed by atoms with van der Waals surface area (Å²) in [6.07, 6.45) is 0. The van der Waals surface area contributed by atoms with Crippen molar-refractivity contribution in [3.8, 4) is 5.88 Å². The van der Waals surface area contributed by atoms with E-state index in [0.29, 0.717) is 10.9 Å². The summed E-state index contributed by atoms with van der Waals surface area (Å²) in [4.78, 5) is 14.9. The van der Waals surface area contributed by atoms with Gasteiger partial charge in [-0.05, 0) is 29.7 Å². The summed E-state index contributed by atoms with van der Waals surface area (Å²) in [6, 6.07) is 19.2. The predicted molar refractivity (Wildman–Crippen MR) is 110 cm³/mol. The van der Waals surface area contributed by atoms with Gasteiger partial charge in [-0.15, -0.1) is 10.2 Å². The molecule has 6 nitrogen and oxygen atoms in total. The van der Waals surface area contributed by atoms with Crippen LogP contribution in [0.2, 0.25) is 0 Å². The Balaban J connectivity index is 1.51. The highest BCUT2D eigenvalue weighted by Gasteiger charge is 2.11. The van der Waals surface area contributed by atoms with Crippen molar-refractivity contribution in [2.45, 2.75) is 0 Å². The number of hydrogen-bond donors (Lipinski definition) is 3. The molecule has 0 aliphatic rings. The number of fused-ring (bicyclic) bond motifs is 2. The van der Waals surface area contributed by atoms with E-state index >= 15 is 0 Å². The van der Waals surface area contributed by atoms with Gasteiger partial charge in [-0.2, -0.15) is 0 Å². The molecule has 0 spiro atoms. The first kappa shape index (κ1) is 17.2. The molecule has 0 aliphatic carbocycles. The quantitative estimate of drug-likeness (QED) is 0.378. The van der Waals surface area contributed by atoms with Crippen molar-refractivity contribution >= 4 is 54.9 Å². The molecule has 3 N–H and O–H groups in total. The first-order chi connectivity index (χ1) is 13.1. The van der Waals surface area contributed by atoms with Gasteiger partial charge >= 0.3 is 0 Å². The van der Waals surface area contributed by atoms with E-state index < -0.39 is 5.91 Å². The number of aromatic amines is 1. The number of carbonyl (C=O) groups is 1. The lowest BCUT2D eigenvalue weighted by molar-refractivity contribution is -0.116. The molecule has 1 amide bonds. The second-order valence-corrected chi connectivity index (χ2v) is 6.90. The number of anilines is 1. The molecule has 0 saturated carbocycles. The van der Waals surface area contributed by atoms with Gasteiger partial charge < -0.3 is 15.4 Å². The highest BCUT2D eigenvalue weighted by molar-refractivity contribution is 9.10. The number of nitrogens with one attached hydrogen (secondary N) is 2. The lowest BCUT2D eigenvalue weighted by Crippen LogP contribution is -2.11. The smallest absolute Gasteiger partial charge is 0.283 e. The number of hydrogen-bond acceptors (Lipinski definition) is 4. The molecule has 3 aromatic carbocycles. The van der Waals surface area contributed by atoms with Crippen LogP contribution in [0.25, 0.3) is 21.7 Å². The molecule has 0 atom stereocenters. The van der Waals surface area contributed by atoms with E-state index in [9.17, 15) is 9.90 Å². The van der Waals surface area contributed by atoms with Crippen LogP contribution in [0, 0.1) is 0 Å². The van der Waals surface area contributed by atoms with Crippen LogP contribution in [0.15, 0.2) is 75.4 Å². The van der Waals surface area contributed by atoms with Gasteiger partial charge in [-0.1, -0.05) is 52.3 Å². The second-order valence-electron chi connectivity index (χ2n) is 5.99. The van der Waals surface area contributed by atoms with E-state index in [-0.39, 0.29) is 18.1 Å². The zero-order valence-corrected chi connectivity index (χ0v) is 15.7. The van der Waals surface area contributed by atoms with Gasteiger partial charge in [0.2, 0.25) is 5.88 Å². The van der Waals surface area contributed by atoms with Crippen LogP contribution in [-0.2, 0) is 4.79 Å². The number of halogens is 1. The fourth-order valence-corrected chi connectivity index (χ4v) is 3.29. The Hall–Kier alpha value is -3.19. The monoisotopic (exact) mass is 422 g/mol. The van der Waals surface area contributed by atoms with Crippen LogP contribution < -0.4 is 5.32 Å². The fourth-order valence-electron chi connectivity index (χ4n) is 2.93. The van der Waals surface area contributed by atoms with Gasteiger partial charge in [0.25, 0.3) is 5.91 Å². The standard InChI is InChI=1S/C20H15BrN4O2/c21-13-8-9-17-15(10-13)19(20(27)23-17)25-24-18(26)11-22-16-7-3-5-12-4-1-2-6-14(12)16/h1-10,22-23,27H,11H2. The summed E-state index contributed by atoms with van der Waals surface area (Å²) >= 11 is 3.38. The molecule has 27 heavy (non-hydrogen) atoms. The first-order valence-electron chi connectivity index (χ1n) is 8.28. The van der Waals surface area contributed by atoms with E-state index in [2.05, 4.69) is 36.5 Å². The van der Waals surface area contributed by atoms with Crippen molar-refractivity contribution in [2.24, 2.45) is 10.2 Å². The van der Waals surface area contributed by atoms with Gasteiger partial charge in [-0.3, -0.25) is 4.79 Å². The number of azo groups is 1. The maximum absolute atomic E-state index is 12.1. The summed E-state index contributed by atoms with van der Waals surface area (Å²) in [5, 5.41) is 23.6. The topological polar surface area (TPSA) is 89.8 Å². The van der Waals surface area contributed by atoms with Crippen LogP contribution in [0.5, 0.6) is 5.88 Å². The minimum atomic E-state index is -0.438. The number of nitrogens with zero attached hydrogens (tertiary/aromatic N) is 2. The maximum Gasteiger partial charge on any atom is 0.283 e. The Morgan fingerprint density at radius 3 is 2.78 bits per heavy atom. The number of amides is 1. The molecule has 0 fully saturated rings. The number of aromatic nitrogens is 1. The van der Waals surface area contributed by atoms with Crippen LogP contribution >= 0.6 is 15.9 Å². The highest BCUT2D eigenvalue weighted by atomic mass is 79.9. The van der Waals surface area contributed by atoms with Crippen LogP contribution in [-0.4, -0.2) is 22.5 Å². The molecule has 4 rings (SSSR count). The Morgan fingerprint density at radius 1 is 1.07 bits per heavy atom. The third kappa shape index (κ3) is 3.54. The molecule has 0 saturated heterocycles. The summed E-state index contributed by atoms with van der Waals surface area (Å²) in [5.74, 6) is -0.562. The molecule has 0 unspecified atom stereocenters. The number of benzene rings is 3. The number of aromatic hydroxyl groups is 1. The van der Waals surface area contributed by atoms with Crippen molar-refractivity contribution in [3.05, 3.63) is 65.1 Å². The SMILES string of the molecule is O=C(CNc1cccc2ccccc12)N=Nc1c(O)[nH]c2ccc(Br)cc12. The van der Waals surface area contributed by atoms with Crippen LogP contribution in [0.1, 0.15) is 0 Å². The molecule has 0 aliphatic heterocycles. The molecular weight excluding hydrogens is 408 g/mol. The number of carbonyl (C=O) groups excluding carboxylic acids is 1. The lowest BCUT2D eigenvalue weighted by atomic mass is 10.1. The summed E-state index contributed by atoms with van der Waals surface area (Å²) in [6.45, 7) is 0.00429. The molecule has 134 valence electrons. The second kappa shape index (κ2) is 7.20. The normalized spacial score (nSPS) is 11.4. The van der Waals surface area contributed by atoms with Gasteiger partial charge in [0.1, 0.15) is 0 Å². The molecule has 1 heterocycles.